The summed E-state index contributed by atoms with van der Waals surface area (Å²) in [6.07, 6.45) is 0. The Kier molecular flexibility index (Phi) is 9.11. The minimum absolute atomic E-state index is 0.0641. The predicted octanol–water partition coefficient (Wildman–Crippen LogP) is 13.9. The van der Waals surface area contributed by atoms with Gasteiger partial charge in [-0.3, -0.25) is 4.79 Å². The van der Waals surface area contributed by atoms with Gasteiger partial charge in [0.15, 0.2) is 0 Å². The monoisotopic (exact) mass is 740 g/mol. The van der Waals surface area contributed by atoms with Crippen LogP contribution in [0.25, 0.3) is 44.2 Å². The molecule has 1 aromatic heterocycles. The molecule has 5 heteroatoms. The molecule has 9 aromatic rings. The molecule has 8 aromatic carbocycles. The second-order valence-electron chi connectivity index (χ2n) is 14.4. The zero-order valence-electron chi connectivity index (χ0n) is 32.0. The molecule has 9 rings (SSSR count). The highest BCUT2D eigenvalue weighted by Crippen LogP contribution is 2.42. The van der Waals surface area contributed by atoms with Crippen molar-refractivity contribution in [3.63, 3.8) is 0 Å². The van der Waals surface area contributed by atoms with Gasteiger partial charge in [-0.2, -0.15) is 0 Å². The van der Waals surface area contributed by atoms with Crippen molar-refractivity contribution in [2.24, 2.45) is 0 Å². The third kappa shape index (κ3) is 6.49. The van der Waals surface area contributed by atoms with Gasteiger partial charge in [0, 0.05) is 28.4 Å². The lowest BCUT2D eigenvalue weighted by molar-refractivity contribution is 0.476. The van der Waals surface area contributed by atoms with E-state index in [1.165, 1.54) is 11.1 Å². The van der Waals surface area contributed by atoms with Gasteiger partial charge in [-0.05, 0) is 133 Å². The van der Waals surface area contributed by atoms with Crippen LogP contribution >= 0.6 is 0 Å². The van der Waals surface area contributed by atoms with E-state index in [9.17, 15) is 9.90 Å². The van der Waals surface area contributed by atoms with Gasteiger partial charge in [-0.25, -0.2) is 0 Å². The number of para-hydroxylation sites is 5. The molecule has 0 amide bonds. The molecule has 5 nitrogen and oxygen atoms in total. The van der Waals surface area contributed by atoms with E-state index >= 15 is 0 Å². The minimum Gasteiger partial charge on any atom is -0.506 e. The molecule has 0 aliphatic rings. The first kappa shape index (κ1) is 35.3. The number of anilines is 6. The van der Waals surface area contributed by atoms with E-state index in [0.29, 0.717) is 27.6 Å². The molecule has 0 aliphatic heterocycles. The molecule has 1 heterocycles. The van der Waals surface area contributed by atoms with Crippen molar-refractivity contribution in [1.29, 1.82) is 0 Å². The highest BCUT2D eigenvalue weighted by Gasteiger charge is 2.20. The van der Waals surface area contributed by atoms with Gasteiger partial charge in [0.25, 0.3) is 0 Å². The predicted molar refractivity (Wildman–Crippen MR) is 236 cm³/mol. The van der Waals surface area contributed by atoms with Gasteiger partial charge >= 0.3 is 0 Å². The number of aromatic hydroxyl groups is 1. The standard InChI is InChI=1S/C52H40N2O3/c1-34-13-4-7-17-44(34)53(45-18-8-5-14-35(45)2)40-30-25-38(26-31-40)42-16-12-22-49-51(42)52(56)43-32-27-39(33-50(43)57-49)37-23-28-41(29-24-37)54(46-19-9-6-15-36(46)3)47-20-10-11-21-48(47)55/h4-33,55H,1-3H3. The summed E-state index contributed by atoms with van der Waals surface area (Å²) >= 11 is 0. The number of hydrogen-bond donors (Lipinski definition) is 1. The number of benzene rings is 8. The molecular formula is C52H40N2O3. The zero-order chi connectivity index (χ0) is 39.0. The summed E-state index contributed by atoms with van der Waals surface area (Å²) in [4.78, 5) is 18.7. The summed E-state index contributed by atoms with van der Waals surface area (Å²) in [6, 6.07) is 60.6. The first-order valence-corrected chi connectivity index (χ1v) is 19.1. The fourth-order valence-electron chi connectivity index (χ4n) is 7.82. The van der Waals surface area contributed by atoms with Crippen LogP contribution in [0.15, 0.2) is 191 Å². The van der Waals surface area contributed by atoms with Crippen LogP contribution in [-0.2, 0) is 0 Å². The summed E-state index contributed by atoms with van der Waals surface area (Å²) in [5.74, 6) is 0.199. The van der Waals surface area contributed by atoms with E-state index < -0.39 is 0 Å². The van der Waals surface area contributed by atoms with Crippen LogP contribution in [0.1, 0.15) is 16.7 Å². The van der Waals surface area contributed by atoms with Gasteiger partial charge in [-0.15, -0.1) is 0 Å². The maximum Gasteiger partial charge on any atom is 0.201 e. The summed E-state index contributed by atoms with van der Waals surface area (Å²) in [5, 5.41) is 11.9. The van der Waals surface area contributed by atoms with Gasteiger partial charge in [0.05, 0.1) is 16.5 Å². The Morgan fingerprint density at radius 3 is 1.46 bits per heavy atom. The number of hydrogen-bond acceptors (Lipinski definition) is 5. The maximum atomic E-state index is 14.3. The average Bonchev–Trinajstić information content (AvgIpc) is 3.24. The number of phenolic OH excluding ortho intramolecular Hbond substituents is 1. The van der Waals surface area contributed by atoms with E-state index in [0.717, 1.165) is 56.3 Å². The Morgan fingerprint density at radius 1 is 0.439 bits per heavy atom. The highest BCUT2D eigenvalue weighted by atomic mass is 16.3. The van der Waals surface area contributed by atoms with Gasteiger partial charge < -0.3 is 19.3 Å². The number of nitrogens with zero attached hydrogens (tertiary/aromatic N) is 2. The Bertz CT molecular complexity index is 2890. The zero-order valence-corrected chi connectivity index (χ0v) is 32.0. The van der Waals surface area contributed by atoms with Crippen molar-refractivity contribution >= 4 is 56.1 Å². The van der Waals surface area contributed by atoms with Crippen molar-refractivity contribution in [3.05, 3.63) is 209 Å². The van der Waals surface area contributed by atoms with Crippen molar-refractivity contribution in [2.45, 2.75) is 20.8 Å². The molecule has 0 saturated heterocycles. The van der Waals surface area contributed by atoms with E-state index in [2.05, 4.69) is 128 Å². The Hall–Kier alpha value is -7.37. The molecule has 57 heavy (non-hydrogen) atoms. The molecule has 0 radical (unpaired) electrons. The second-order valence-corrected chi connectivity index (χ2v) is 14.4. The fourth-order valence-corrected chi connectivity index (χ4v) is 7.82. The van der Waals surface area contributed by atoms with E-state index in [1.54, 1.807) is 6.07 Å². The maximum absolute atomic E-state index is 14.3. The molecule has 0 aliphatic carbocycles. The van der Waals surface area contributed by atoms with E-state index in [1.807, 2.05) is 78.9 Å². The quantitative estimate of drug-likeness (QED) is 0.157. The molecule has 0 spiro atoms. The van der Waals surface area contributed by atoms with E-state index in [-0.39, 0.29) is 11.2 Å². The van der Waals surface area contributed by atoms with Crippen LogP contribution in [0.2, 0.25) is 0 Å². The van der Waals surface area contributed by atoms with Crippen LogP contribution in [0.4, 0.5) is 34.1 Å². The van der Waals surface area contributed by atoms with Crippen molar-refractivity contribution in [3.8, 4) is 28.0 Å². The third-order valence-corrected chi connectivity index (χ3v) is 10.8. The summed E-state index contributed by atoms with van der Waals surface area (Å²) in [6.45, 7) is 6.33. The molecule has 276 valence electrons. The largest absolute Gasteiger partial charge is 0.506 e. The summed E-state index contributed by atoms with van der Waals surface area (Å²) in [5.41, 5.74) is 14.0. The molecule has 1 N–H and O–H groups in total. The molecule has 0 bridgehead atoms. The van der Waals surface area contributed by atoms with Crippen LogP contribution in [0.5, 0.6) is 5.75 Å². The molecule has 0 atom stereocenters. The van der Waals surface area contributed by atoms with Gasteiger partial charge in [-0.1, -0.05) is 109 Å². The van der Waals surface area contributed by atoms with Crippen molar-refractivity contribution in [1.82, 2.24) is 0 Å². The van der Waals surface area contributed by atoms with Gasteiger partial charge in [0.1, 0.15) is 16.9 Å². The lowest BCUT2D eigenvalue weighted by Gasteiger charge is -2.28. The van der Waals surface area contributed by atoms with Crippen LogP contribution in [-0.4, -0.2) is 5.11 Å². The van der Waals surface area contributed by atoms with Crippen LogP contribution < -0.4 is 15.2 Å². The first-order chi connectivity index (χ1) is 27.9. The summed E-state index contributed by atoms with van der Waals surface area (Å²) < 4.78 is 6.52. The van der Waals surface area contributed by atoms with Crippen molar-refractivity contribution < 1.29 is 9.52 Å². The Morgan fingerprint density at radius 2 is 0.912 bits per heavy atom. The highest BCUT2D eigenvalue weighted by molar-refractivity contribution is 6.00. The smallest absolute Gasteiger partial charge is 0.201 e. The number of fused-ring (bicyclic) bond motifs is 2. The molecule has 0 saturated carbocycles. The SMILES string of the molecule is Cc1ccccc1N(c1ccc(-c2cccc3oc4cc(-c5ccc(N(c6ccccc6C)c6ccccc6O)cc5)ccc4c(=O)c23)cc1)c1ccccc1C. The average molecular weight is 741 g/mol. The lowest BCUT2D eigenvalue weighted by atomic mass is 9.98. The molecule has 0 fully saturated rings. The lowest BCUT2D eigenvalue weighted by Crippen LogP contribution is -2.12. The second kappa shape index (κ2) is 14.7. The summed E-state index contributed by atoms with van der Waals surface area (Å²) in [7, 11) is 0. The van der Waals surface area contributed by atoms with E-state index in [4.69, 9.17) is 4.42 Å². The number of rotatable bonds is 8. The molecule has 0 unspecified atom stereocenters. The van der Waals surface area contributed by atoms with Gasteiger partial charge in [0.2, 0.25) is 5.43 Å². The number of phenols is 1. The van der Waals surface area contributed by atoms with Crippen LogP contribution in [0, 0.1) is 20.8 Å². The minimum atomic E-state index is -0.0641. The topological polar surface area (TPSA) is 56.9 Å². The first-order valence-electron chi connectivity index (χ1n) is 19.1. The van der Waals surface area contributed by atoms with Crippen molar-refractivity contribution in [2.75, 3.05) is 9.80 Å². The number of aryl methyl sites for hydroxylation is 3. The van der Waals surface area contributed by atoms with Crippen LogP contribution in [0.3, 0.4) is 0 Å². The normalized spacial score (nSPS) is 11.2. The Balaban J connectivity index is 1.07. The molecular weight excluding hydrogens is 701 g/mol. The fraction of sp³-hybridized carbons (Fsp3) is 0.0577. The third-order valence-electron chi connectivity index (χ3n) is 10.8. The Labute approximate surface area is 332 Å².